The van der Waals surface area contributed by atoms with Crippen LogP contribution in [0.3, 0.4) is 0 Å². The van der Waals surface area contributed by atoms with Gasteiger partial charge in [-0.3, -0.25) is 4.79 Å². The van der Waals surface area contributed by atoms with Gasteiger partial charge in [0.2, 0.25) is 0 Å². The third kappa shape index (κ3) is 9.61. The van der Waals surface area contributed by atoms with E-state index in [9.17, 15) is 4.79 Å². The molecule has 0 saturated carbocycles. The number of hydrogen-bond acceptors (Lipinski definition) is 4. The Hall–Kier alpha value is -1.07. The summed E-state index contributed by atoms with van der Waals surface area (Å²) in [5.41, 5.74) is 0.998. The second-order valence-corrected chi connectivity index (χ2v) is 5.73. The van der Waals surface area contributed by atoms with Gasteiger partial charge >= 0.3 is 0 Å². The molecule has 132 valence electrons. The largest absolute Gasteiger partial charge is 0.497 e. The van der Waals surface area contributed by atoms with Gasteiger partial charge in [0.25, 0.3) is 0 Å². The minimum Gasteiger partial charge on any atom is -0.497 e. The molecule has 0 fully saturated rings. The lowest BCUT2D eigenvalue weighted by Gasteiger charge is -2.22. The third-order valence-corrected chi connectivity index (χ3v) is 3.13. The lowest BCUT2D eigenvalue weighted by Crippen LogP contribution is -2.34. The van der Waals surface area contributed by atoms with E-state index in [0.717, 1.165) is 24.4 Å². The zero-order valence-electron chi connectivity index (χ0n) is 14.5. The molecule has 1 aromatic rings. The predicted octanol–water partition coefficient (Wildman–Crippen LogP) is 2.86. The molecule has 0 spiro atoms. The molecule has 6 heteroatoms. The van der Waals surface area contributed by atoms with E-state index >= 15 is 0 Å². The SMILES string of the molecule is COc1ccc(/C=C/C(=O)C(CN(C)C)CN(C)C)cc1.Cl.Cl. The molecule has 1 rings (SSSR count). The van der Waals surface area contributed by atoms with E-state index in [0.29, 0.717) is 0 Å². The average Bonchev–Trinajstić information content (AvgIpc) is 2.43. The number of nitrogens with zero attached hydrogens (tertiary/aromatic N) is 2. The van der Waals surface area contributed by atoms with Gasteiger partial charge in [-0.15, -0.1) is 24.8 Å². The monoisotopic (exact) mass is 362 g/mol. The quantitative estimate of drug-likeness (QED) is 0.665. The molecule has 0 bridgehead atoms. The van der Waals surface area contributed by atoms with Crippen LogP contribution in [0.5, 0.6) is 5.75 Å². The first-order valence-corrected chi connectivity index (χ1v) is 7.08. The number of ether oxygens (including phenoxy) is 1. The van der Waals surface area contributed by atoms with Crippen LogP contribution >= 0.6 is 24.8 Å². The first-order valence-electron chi connectivity index (χ1n) is 7.08. The minimum atomic E-state index is -0.00972. The maximum Gasteiger partial charge on any atom is 0.161 e. The van der Waals surface area contributed by atoms with Crippen molar-refractivity contribution in [3.05, 3.63) is 35.9 Å². The number of allylic oxidation sites excluding steroid dienone is 1. The Morgan fingerprint density at radius 3 is 1.91 bits per heavy atom. The molecule has 0 aliphatic heterocycles. The molecule has 0 amide bonds. The molecular formula is C17H28Cl2N2O2. The van der Waals surface area contributed by atoms with Crippen LogP contribution in [0.1, 0.15) is 5.56 Å². The van der Waals surface area contributed by atoms with Crippen LogP contribution in [-0.4, -0.2) is 64.0 Å². The number of benzene rings is 1. The molecule has 1 aromatic carbocycles. The molecule has 0 aromatic heterocycles. The zero-order chi connectivity index (χ0) is 15.8. The number of carbonyl (C=O) groups excluding carboxylic acids is 1. The molecule has 0 heterocycles. The first-order chi connectivity index (χ1) is 9.92. The van der Waals surface area contributed by atoms with Crippen LogP contribution in [0.15, 0.2) is 30.3 Å². The molecule has 4 nitrogen and oxygen atoms in total. The van der Waals surface area contributed by atoms with Gasteiger partial charge in [0.1, 0.15) is 5.75 Å². The molecule has 0 N–H and O–H groups in total. The molecular weight excluding hydrogens is 335 g/mol. The fraction of sp³-hybridized carbons (Fsp3) is 0.471. The average molecular weight is 363 g/mol. The summed E-state index contributed by atoms with van der Waals surface area (Å²) in [5, 5.41) is 0. The van der Waals surface area contributed by atoms with Crippen LogP contribution in [-0.2, 0) is 4.79 Å². The maximum absolute atomic E-state index is 12.3. The van der Waals surface area contributed by atoms with Gasteiger partial charge in [-0.1, -0.05) is 18.2 Å². The molecule has 23 heavy (non-hydrogen) atoms. The normalized spacial score (nSPS) is 10.8. The van der Waals surface area contributed by atoms with Crippen LogP contribution in [0.25, 0.3) is 6.08 Å². The highest BCUT2D eigenvalue weighted by atomic mass is 35.5. The van der Waals surface area contributed by atoms with Crippen LogP contribution in [0.2, 0.25) is 0 Å². The molecule has 0 atom stereocenters. The van der Waals surface area contributed by atoms with Gasteiger partial charge in [0.05, 0.1) is 7.11 Å². The van der Waals surface area contributed by atoms with Crippen molar-refractivity contribution < 1.29 is 9.53 Å². The second-order valence-electron chi connectivity index (χ2n) is 5.73. The summed E-state index contributed by atoms with van der Waals surface area (Å²) in [6, 6.07) is 7.66. The van der Waals surface area contributed by atoms with Crippen molar-refractivity contribution in [3.8, 4) is 5.75 Å². The summed E-state index contributed by atoms with van der Waals surface area (Å²) < 4.78 is 5.12. The number of methoxy groups -OCH3 is 1. The van der Waals surface area contributed by atoms with Crippen molar-refractivity contribution in [3.63, 3.8) is 0 Å². The lowest BCUT2D eigenvalue weighted by atomic mass is 10.0. The van der Waals surface area contributed by atoms with E-state index in [1.165, 1.54) is 0 Å². The lowest BCUT2D eigenvalue weighted by molar-refractivity contribution is -0.119. The van der Waals surface area contributed by atoms with Crippen molar-refractivity contribution >= 4 is 36.7 Å². The standard InChI is InChI=1S/C17H26N2O2.2ClH/c1-18(2)12-15(13-19(3)4)17(20)11-8-14-6-9-16(21-5)10-7-14;;/h6-11,15H,12-13H2,1-5H3;2*1H/b11-8+;;. The smallest absolute Gasteiger partial charge is 0.161 e. The van der Waals surface area contributed by atoms with Gasteiger partial charge in [-0.2, -0.15) is 0 Å². The third-order valence-electron chi connectivity index (χ3n) is 3.13. The van der Waals surface area contributed by atoms with Crippen molar-refractivity contribution in [2.45, 2.75) is 0 Å². The summed E-state index contributed by atoms with van der Waals surface area (Å²) in [5.74, 6) is 0.967. The van der Waals surface area contributed by atoms with Crippen LogP contribution in [0, 0.1) is 5.92 Å². The van der Waals surface area contributed by atoms with Crippen molar-refractivity contribution in [2.75, 3.05) is 48.4 Å². The number of ketones is 1. The Labute approximate surface area is 152 Å². The molecule has 0 unspecified atom stereocenters. The van der Waals surface area contributed by atoms with E-state index in [1.807, 2.05) is 68.3 Å². The second kappa shape index (κ2) is 12.4. The summed E-state index contributed by atoms with van der Waals surface area (Å²) in [6.07, 6.45) is 3.54. The highest BCUT2D eigenvalue weighted by Crippen LogP contribution is 2.13. The number of carbonyl (C=O) groups is 1. The van der Waals surface area contributed by atoms with E-state index in [4.69, 9.17) is 4.74 Å². The molecule has 0 saturated heterocycles. The Kier molecular flexibility index (Phi) is 13.0. The summed E-state index contributed by atoms with van der Waals surface area (Å²) in [6.45, 7) is 1.51. The van der Waals surface area contributed by atoms with Crippen molar-refractivity contribution in [1.29, 1.82) is 0 Å². The zero-order valence-corrected chi connectivity index (χ0v) is 16.1. The van der Waals surface area contributed by atoms with Crippen molar-refractivity contribution in [2.24, 2.45) is 5.92 Å². The number of hydrogen-bond donors (Lipinski definition) is 0. The van der Waals surface area contributed by atoms with E-state index in [2.05, 4.69) is 0 Å². The van der Waals surface area contributed by atoms with Gasteiger partial charge < -0.3 is 14.5 Å². The Bertz CT molecular complexity index is 464. The fourth-order valence-corrected chi connectivity index (χ4v) is 2.15. The Balaban J connectivity index is 0. The molecule has 0 aliphatic carbocycles. The number of halogens is 2. The minimum absolute atomic E-state index is 0. The topological polar surface area (TPSA) is 32.8 Å². The van der Waals surface area contributed by atoms with Crippen LogP contribution < -0.4 is 4.74 Å². The summed E-state index contributed by atoms with van der Waals surface area (Å²) in [4.78, 5) is 16.4. The first kappa shape index (κ1) is 24.2. The fourth-order valence-electron chi connectivity index (χ4n) is 2.15. The van der Waals surface area contributed by atoms with Gasteiger partial charge in [-0.05, 0) is 52.0 Å². The van der Waals surface area contributed by atoms with Crippen LogP contribution in [0.4, 0.5) is 0 Å². The summed E-state index contributed by atoms with van der Waals surface area (Å²) >= 11 is 0. The molecule has 0 aliphatic rings. The van der Waals surface area contributed by atoms with E-state index in [1.54, 1.807) is 13.2 Å². The maximum atomic E-state index is 12.3. The predicted molar refractivity (Wildman–Crippen MR) is 102 cm³/mol. The number of rotatable bonds is 8. The van der Waals surface area contributed by atoms with Gasteiger partial charge in [0.15, 0.2) is 5.78 Å². The Morgan fingerprint density at radius 1 is 1.04 bits per heavy atom. The highest BCUT2D eigenvalue weighted by Gasteiger charge is 2.17. The highest BCUT2D eigenvalue weighted by molar-refractivity contribution is 5.95. The van der Waals surface area contributed by atoms with E-state index in [-0.39, 0.29) is 36.5 Å². The molecule has 0 radical (unpaired) electrons. The van der Waals surface area contributed by atoms with Gasteiger partial charge in [0, 0.05) is 19.0 Å². The van der Waals surface area contributed by atoms with Gasteiger partial charge in [-0.25, -0.2) is 0 Å². The summed E-state index contributed by atoms with van der Waals surface area (Å²) in [7, 11) is 9.60. The van der Waals surface area contributed by atoms with E-state index < -0.39 is 0 Å². The Morgan fingerprint density at radius 2 is 1.52 bits per heavy atom. The van der Waals surface area contributed by atoms with Crippen molar-refractivity contribution in [1.82, 2.24) is 9.80 Å².